The zero-order valence-corrected chi connectivity index (χ0v) is 25.6. The van der Waals surface area contributed by atoms with Crippen LogP contribution < -0.4 is 9.64 Å². The number of H-pyrrole nitrogens is 2. The second-order valence-corrected chi connectivity index (χ2v) is 12.8. The molecule has 46 heavy (non-hydrogen) atoms. The molecule has 2 N–H and O–H groups in total. The first-order valence-corrected chi connectivity index (χ1v) is 16.2. The van der Waals surface area contributed by atoms with Crippen molar-refractivity contribution in [1.82, 2.24) is 25.3 Å². The van der Waals surface area contributed by atoms with Gasteiger partial charge in [0.2, 0.25) is 0 Å². The summed E-state index contributed by atoms with van der Waals surface area (Å²) >= 11 is 0. The van der Waals surface area contributed by atoms with Crippen molar-refractivity contribution in [3.05, 3.63) is 85.2 Å². The van der Waals surface area contributed by atoms with E-state index >= 15 is 0 Å². The monoisotopic (exact) mass is 612 g/mol. The Balaban J connectivity index is 0.977. The fourth-order valence-corrected chi connectivity index (χ4v) is 7.43. The number of piperidine rings is 1. The van der Waals surface area contributed by atoms with Gasteiger partial charge in [-0.15, -0.1) is 0 Å². The number of likely N-dealkylation sites (tertiary alicyclic amines) is 1. The molecule has 5 heterocycles. The fraction of sp³-hybridized carbons (Fsp3) is 0.297. The summed E-state index contributed by atoms with van der Waals surface area (Å²) in [5.41, 5.74) is 8.57. The van der Waals surface area contributed by atoms with Crippen LogP contribution in [-0.2, 0) is 9.47 Å². The van der Waals surface area contributed by atoms with Crippen molar-refractivity contribution in [1.29, 1.82) is 0 Å². The summed E-state index contributed by atoms with van der Waals surface area (Å²) in [6.07, 6.45) is 5.03. The molecule has 0 aliphatic carbocycles. The molecule has 2 fully saturated rings. The fourth-order valence-electron chi connectivity index (χ4n) is 7.43. The molecule has 9 rings (SSSR count). The normalized spacial score (nSPS) is 19.3. The lowest BCUT2D eigenvalue weighted by Crippen LogP contribution is -2.47. The van der Waals surface area contributed by atoms with E-state index in [9.17, 15) is 0 Å². The molecule has 0 radical (unpaired) electrons. The predicted octanol–water partition coefficient (Wildman–Crippen LogP) is 7.00. The minimum Gasteiger partial charge on any atom is -0.453 e. The van der Waals surface area contributed by atoms with Crippen molar-refractivity contribution in [2.24, 2.45) is 11.8 Å². The number of nitrogens with zero attached hydrogens (tertiary/aromatic N) is 4. The zero-order chi connectivity index (χ0) is 30.5. The molecular weight excluding hydrogens is 576 g/mol. The van der Waals surface area contributed by atoms with Gasteiger partial charge in [0.15, 0.2) is 11.5 Å². The third-order valence-corrected chi connectivity index (χ3v) is 9.69. The SMILES string of the molecule is c1cc2c(cc1-c1ccc3[nH]ncc3c1)Oc1cc(-c3ccc4[nH]ncc4c3)ccc1N2CCOCCN1CC2COCC(C2)C1. The Hall–Kier alpha value is -4.70. The lowest BCUT2D eigenvalue weighted by Gasteiger charge is -2.41. The lowest BCUT2D eigenvalue weighted by molar-refractivity contribution is -0.0455. The van der Waals surface area contributed by atoms with E-state index in [0.29, 0.717) is 18.4 Å². The van der Waals surface area contributed by atoms with Crippen LogP contribution in [0.15, 0.2) is 85.2 Å². The van der Waals surface area contributed by atoms with Crippen LogP contribution in [0.5, 0.6) is 11.5 Å². The number of hydrogen-bond donors (Lipinski definition) is 2. The Kier molecular flexibility index (Phi) is 6.95. The molecule has 4 aromatic carbocycles. The van der Waals surface area contributed by atoms with E-state index < -0.39 is 0 Å². The number of aromatic amines is 2. The van der Waals surface area contributed by atoms with Crippen LogP contribution in [0.4, 0.5) is 11.4 Å². The molecule has 2 atom stereocenters. The van der Waals surface area contributed by atoms with Gasteiger partial charge in [-0.05, 0) is 89.0 Å². The Labute approximate surface area is 267 Å². The topological polar surface area (TPSA) is 91.5 Å². The zero-order valence-electron chi connectivity index (χ0n) is 25.6. The minimum atomic E-state index is 0.626. The Morgan fingerprint density at radius 1 is 0.674 bits per heavy atom. The van der Waals surface area contributed by atoms with Crippen molar-refractivity contribution in [2.45, 2.75) is 6.42 Å². The predicted molar refractivity (Wildman–Crippen MR) is 180 cm³/mol. The molecule has 2 saturated heterocycles. The highest BCUT2D eigenvalue weighted by molar-refractivity contribution is 5.88. The standard InChI is InChI=1S/C37H36N6O3/c1-5-32-30(18-38-40-32)14-26(1)28-3-7-34-36(16-28)46-37-17-29(27-2-6-33-31(15-27)19-39-41-33)4-8-35(37)43(34)10-12-44-11-9-42-20-24-13-25(21-42)23-45-22-24/h1-8,14-19,24-25H,9-13,20-23H2,(H,38,40)(H,39,41). The molecule has 9 nitrogen and oxygen atoms in total. The molecule has 3 aliphatic heterocycles. The quantitative estimate of drug-likeness (QED) is 0.179. The van der Waals surface area contributed by atoms with Crippen LogP contribution in [0.2, 0.25) is 0 Å². The molecule has 2 unspecified atom stereocenters. The highest BCUT2D eigenvalue weighted by Crippen LogP contribution is 2.49. The highest BCUT2D eigenvalue weighted by Gasteiger charge is 2.31. The third-order valence-electron chi connectivity index (χ3n) is 9.69. The van der Waals surface area contributed by atoms with Crippen molar-refractivity contribution >= 4 is 33.2 Å². The summed E-state index contributed by atoms with van der Waals surface area (Å²) < 4.78 is 18.7. The van der Waals surface area contributed by atoms with E-state index in [2.05, 4.69) is 103 Å². The summed E-state index contributed by atoms with van der Waals surface area (Å²) in [6.45, 7) is 7.11. The Bertz CT molecular complexity index is 1900. The van der Waals surface area contributed by atoms with E-state index in [1.165, 1.54) is 6.42 Å². The number of anilines is 2. The number of nitrogens with one attached hydrogen (secondary N) is 2. The van der Waals surface area contributed by atoms with Gasteiger partial charge >= 0.3 is 0 Å². The van der Waals surface area contributed by atoms with E-state index in [1.54, 1.807) is 0 Å². The van der Waals surface area contributed by atoms with Crippen LogP contribution in [0.3, 0.4) is 0 Å². The van der Waals surface area contributed by atoms with Crippen LogP contribution in [0.1, 0.15) is 6.42 Å². The summed E-state index contributed by atoms with van der Waals surface area (Å²) in [5.74, 6) is 3.02. The second-order valence-electron chi connectivity index (χ2n) is 12.8. The first-order chi connectivity index (χ1) is 22.7. The van der Waals surface area contributed by atoms with Gasteiger partial charge in [0.25, 0.3) is 0 Å². The third kappa shape index (κ3) is 5.20. The molecule has 0 amide bonds. The Morgan fingerprint density at radius 2 is 1.22 bits per heavy atom. The van der Waals surface area contributed by atoms with Gasteiger partial charge in [-0.25, -0.2) is 0 Å². The van der Waals surface area contributed by atoms with Gasteiger partial charge in [-0.3, -0.25) is 10.2 Å². The number of rotatable bonds is 8. The van der Waals surface area contributed by atoms with Crippen molar-refractivity contribution in [2.75, 3.05) is 57.5 Å². The molecular formula is C37H36N6O3. The average Bonchev–Trinajstić information content (AvgIpc) is 3.76. The van der Waals surface area contributed by atoms with Crippen molar-refractivity contribution in [3.63, 3.8) is 0 Å². The van der Waals surface area contributed by atoms with Gasteiger partial charge in [0.05, 0.1) is 61.2 Å². The van der Waals surface area contributed by atoms with E-state index in [-0.39, 0.29) is 0 Å². The van der Waals surface area contributed by atoms with Crippen molar-refractivity contribution < 1.29 is 14.2 Å². The number of ether oxygens (including phenoxy) is 3. The van der Waals surface area contributed by atoms with Crippen LogP contribution in [-0.4, -0.2) is 77.9 Å². The molecule has 6 aromatic rings. The highest BCUT2D eigenvalue weighted by atomic mass is 16.5. The maximum atomic E-state index is 6.68. The maximum absolute atomic E-state index is 6.68. The molecule has 9 heteroatoms. The number of hydrogen-bond acceptors (Lipinski definition) is 7. The number of fused-ring (bicyclic) bond motifs is 6. The minimum absolute atomic E-state index is 0.626. The molecule has 2 aromatic heterocycles. The summed E-state index contributed by atoms with van der Waals surface area (Å²) in [4.78, 5) is 4.90. The van der Waals surface area contributed by atoms with Crippen LogP contribution in [0, 0.1) is 11.8 Å². The van der Waals surface area contributed by atoms with E-state index in [0.717, 1.165) is 113 Å². The molecule has 0 spiro atoms. The van der Waals surface area contributed by atoms with E-state index in [4.69, 9.17) is 14.2 Å². The second kappa shape index (κ2) is 11.6. The lowest BCUT2D eigenvalue weighted by atomic mass is 9.88. The first kappa shape index (κ1) is 27.6. The molecule has 3 aliphatic rings. The van der Waals surface area contributed by atoms with Gasteiger partial charge in [-0.2, -0.15) is 10.2 Å². The van der Waals surface area contributed by atoms with Crippen LogP contribution in [0.25, 0.3) is 44.1 Å². The van der Waals surface area contributed by atoms with E-state index in [1.807, 2.05) is 12.4 Å². The molecule has 232 valence electrons. The first-order valence-electron chi connectivity index (χ1n) is 16.2. The molecule has 0 saturated carbocycles. The van der Waals surface area contributed by atoms with Gasteiger partial charge in [0.1, 0.15) is 0 Å². The summed E-state index contributed by atoms with van der Waals surface area (Å²) in [5, 5.41) is 16.6. The molecule has 2 bridgehead atoms. The summed E-state index contributed by atoms with van der Waals surface area (Å²) in [6, 6.07) is 25.7. The number of benzene rings is 4. The average molecular weight is 613 g/mol. The van der Waals surface area contributed by atoms with Gasteiger partial charge in [0, 0.05) is 37.0 Å². The number of aromatic nitrogens is 4. The van der Waals surface area contributed by atoms with Crippen LogP contribution >= 0.6 is 0 Å². The smallest absolute Gasteiger partial charge is 0.151 e. The van der Waals surface area contributed by atoms with Gasteiger partial charge < -0.3 is 24.0 Å². The van der Waals surface area contributed by atoms with Crippen molar-refractivity contribution in [3.8, 4) is 33.8 Å². The largest absolute Gasteiger partial charge is 0.453 e. The van der Waals surface area contributed by atoms with Gasteiger partial charge in [-0.1, -0.05) is 24.3 Å². The maximum Gasteiger partial charge on any atom is 0.151 e. The Morgan fingerprint density at radius 3 is 1.83 bits per heavy atom. The summed E-state index contributed by atoms with van der Waals surface area (Å²) in [7, 11) is 0.